The van der Waals surface area contributed by atoms with Crippen LogP contribution in [0.5, 0.6) is 0 Å². The van der Waals surface area contributed by atoms with E-state index in [1.165, 1.54) is 24.3 Å². The summed E-state index contributed by atoms with van der Waals surface area (Å²) in [6, 6.07) is 17.3. The molecular weight excluding hydrogens is 376 g/mol. The summed E-state index contributed by atoms with van der Waals surface area (Å²) >= 11 is 0. The average Bonchev–Trinajstić information content (AvgIpc) is 2.63. The maximum atomic E-state index is 11.2. The highest BCUT2D eigenvalue weighted by molar-refractivity contribution is 7.85. The molecule has 0 aliphatic carbocycles. The third-order valence-corrected chi connectivity index (χ3v) is 4.94. The number of aromatic nitrogens is 1. The summed E-state index contributed by atoms with van der Waals surface area (Å²) < 4.78 is 31.4. The number of hydrogen-bond donors (Lipinski definition) is 3. The van der Waals surface area contributed by atoms with E-state index in [1.807, 2.05) is 38.1 Å². The first-order valence-corrected chi connectivity index (χ1v) is 9.80. The number of rotatable bonds is 5. The number of pyridine rings is 1. The number of nitrogens with zero attached hydrogens (tertiary/aromatic N) is 2. The Hall–Kier alpha value is -3.41. The van der Waals surface area contributed by atoms with Crippen LogP contribution in [0, 0.1) is 25.2 Å². The fourth-order valence-corrected chi connectivity index (χ4v) is 3.08. The summed E-state index contributed by atoms with van der Waals surface area (Å²) in [6.07, 6.45) is 0. The monoisotopic (exact) mass is 394 g/mol. The Balaban J connectivity index is 1.92. The van der Waals surface area contributed by atoms with Crippen LogP contribution in [0.2, 0.25) is 0 Å². The molecule has 0 aliphatic rings. The highest BCUT2D eigenvalue weighted by Gasteiger charge is 2.12. The van der Waals surface area contributed by atoms with E-state index < -0.39 is 10.1 Å². The lowest BCUT2D eigenvalue weighted by Gasteiger charge is -2.13. The van der Waals surface area contributed by atoms with E-state index in [1.54, 1.807) is 6.07 Å². The number of nitriles is 1. The first-order valence-electron chi connectivity index (χ1n) is 8.36. The molecule has 0 unspecified atom stereocenters. The van der Waals surface area contributed by atoms with Crippen LogP contribution in [0.25, 0.3) is 0 Å². The zero-order valence-corrected chi connectivity index (χ0v) is 16.1. The van der Waals surface area contributed by atoms with Gasteiger partial charge in [-0.05, 0) is 61.9 Å². The standard InChI is InChI=1S/C20H18N4O3S/c1-13-3-5-15(6-4-13)22-19-11-14(2)18(12-21)20(24-19)23-16-7-9-17(10-8-16)28(25,26)27/h3-11H,1-2H3,(H2,22,23,24)(H,25,26,27). The van der Waals surface area contributed by atoms with Gasteiger partial charge in [0.2, 0.25) is 0 Å². The van der Waals surface area contributed by atoms with Crippen LogP contribution in [-0.2, 0) is 10.1 Å². The third kappa shape index (κ3) is 4.46. The SMILES string of the molecule is Cc1ccc(Nc2cc(C)c(C#N)c(Nc3ccc(S(=O)(=O)O)cc3)n2)cc1. The number of nitrogens with one attached hydrogen (secondary N) is 2. The molecule has 28 heavy (non-hydrogen) atoms. The van der Waals surface area contributed by atoms with E-state index in [0.29, 0.717) is 22.9 Å². The molecule has 0 atom stereocenters. The molecule has 3 N–H and O–H groups in total. The van der Waals surface area contributed by atoms with Gasteiger partial charge in [-0.15, -0.1) is 0 Å². The van der Waals surface area contributed by atoms with Crippen molar-refractivity contribution < 1.29 is 13.0 Å². The molecule has 1 heterocycles. The van der Waals surface area contributed by atoms with Crippen molar-refractivity contribution in [1.82, 2.24) is 4.98 Å². The maximum absolute atomic E-state index is 11.2. The molecule has 0 spiro atoms. The molecule has 3 aromatic rings. The van der Waals surface area contributed by atoms with E-state index in [2.05, 4.69) is 21.7 Å². The van der Waals surface area contributed by atoms with Crippen molar-refractivity contribution in [3.05, 3.63) is 71.3 Å². The van der Waals surface area contributed by atoms with Crippen molar-refractivity contribution in [2.45, 2.75) is 18.7 Å². The van der Waals surface area contributed by atoms with Crippen LogP contribution in [0.3, 0.4) is 0 Å². The van der Waals surface area contributed by atoms with Crippen molar-refractivity contribution in [2.75, 3.05) is 10.6 Å². The van der Waals surface area contributed by atoms with Gasteiger partial charge in [-0.1, -0.05) is 17.7 Å². The lowest BCUT2D eigenvalue weighted by molar-refractivity contribution is 0.483. The van der Waals surface area contributed by atoms with Gasteiger partial charge in [0.1, 0.15) is 11.9 Å². The van der Waals surface area contributed by atoms with E-state index in [-0.39, 0.29) is 4.90 Å². The van der Waals surface area contributed by atoms with Gasteiger partial charge < -0.3 is 10.6 Å². The van der Waals surface area contributed by atoms with Crippen molar-refractivity contribution in [3.63, 3.8) is 0 Å². The summed E-state index contributed by atoms with van der Waals surface area (Å²) in [6.45, 7) is 3.82. The largest absolute Gasteiger partial charge is 0.340 e. The lowest BCUT2D eigenvalue weighted by Crippen LogP contribution is -2.03. The molecule has 0 saturated carbocycles. The number of benzene rings is 2. The van der Waals surface area contributed by atoms with Crippen LogP contribution in [-0.4, -0.2) is 18.0 Å². The second-order valence-corrected chi connectivity index (χ2v) is 7.70. The second kappa shape index (κ2) is 7.68. The van der Waals surface area contributed by atoms with Crippen LogP contribution < -0.4 is 10.6 Å². The van der Waals surface area contributed by atoms with E-state index in [9.17, 15) is 13.7 Å². The van der Waals surface area contributed by atoms with Crippen LogP contribution in [0.15, 0.2) is 59.5 Å². The zero-order chi connectivity index (χ0) is 20.3. The Bertz CT molecular complexity index is 1150. The molecule has 0 radical (unpaired) electrons. The fourth-order valence-electron chi connectivity index (χ4n) is 2.60. The van der Waals surface area contributed by atoms with Crippen LogP contribution in [0.4, 0.5) is 23.0 Å². The average molecular weight is 394 g/mol. The van der Waals surface area contributed by atoms with E-state index in [0.717, 1.165) is 16.8 Å². The quantitative estimate of drug-likeness (QED) is 0.552. The predicted molar refractivity (Wildman–Crippen MR) is 108 cm³/mol. The molecule has 8 heteroatoms. The van der Waals surface area contributed by atoms with Gasteiger partial charge in [0.25, 0.3) is 10.1 Å². The fraction of sp³-hybridized carbons (Fsp3) is 0.100. The minimum absolute atomic E-state index is 0.211. The molecule has 0 bridgehead atoms. The number of hydrogen-bond acceptors (Lipinski definition) is 6. The predicted octanol–water partition coefficient (Wildman–Crippen LogP) is 4.30. The van der Waals surface area contributed by atoms with Gasteiger partial charge in [0.05, 0.1) is 10.5 Å². The number of aryl methyl sites for hydroxylation is 2. The van der Waals surface area contributed by atoms with Crippen molar-refractivity contribution >= 4 is 33.1 Å². The van der Waals surface area contributed by atoms with Gasteiger partial charge in [0.15, 0.2) is 5.82 Å². The summed E-state index contributed by atoms with van der Waals surface area (Å²) in [4.78, 5) is 4.27. The van der Waals surface area contributed by atoms with Crippen LogP contribution in [0.1, 0.15) is 16.7 Å². The smallest absolute Gasteiger partial charge is 0.294 e. The number of anilines is 4. The van der Waals surface area contributed by atoms with Gasteiger partial charge >= 0.3 is 0 Å². The van der Waals surface area contributed by atoms with Gasteiger partial charge in [-0.2, -0.15) is 13.7 Å². The Morgan fingerprint density at radius 2 is 1.54 bits per heavy atom. The molecule has 1 aromatic heterocycles. The molecule has 0 saturated heterocycles. The van der Waals surface area contributed by atoms with Gasteiger partial charge in [-0.3, -0.25) is 4.55 Å². The van der Waals surface area contributed by atoms with E-state index in [4.69, 9.17) is 4.55 Å². The topological polar surface area (TPSA) is 115 Å². The first-order chi connectivity index (χ1) is 13.3. The molecule has 142 valence electrons. The molecule has 2 aromatic carbocycles. The van der Waals surface area contributed by atoms with Gasteiger partial charge in [0, 0.05) is 11.4 Å². The highest BCUT2D eigenvalue weighted by atomic mass is 32.2. The summed E-state index contributed by atoms with van der Waals surface area (Å²) in [5, 5.41) is 15.7. The van der Waals surface area contributed by atoms with Crippen molar-refractivity contribution in [1.29, 1.82) is 5.26 Å². The highest BCUT2D eigenvalue weighted by Crippen LogP contribution is 2.26. The van der Waals surface area contributed by atoms with Crippen molar-refractivity contribution in [3.8, 4) is 6.07 Å². The third-order valence-electron chi connectivity index (χ3n) is 4.07. The lowest BCUT2D eigenvalue weighted by atomic mass is 10.1. The summed E-state index contributed by atoms with van der Waals surface area (Å²) in [5.74, 6) is 0.911. The molecular formula is C20H18N4O3S. The summed E-state index contributed by atoms with van der Waals surface area (Å²) in [7, 11) is -4.26. The van der Waals surface area contributed by atoms with Crippen LogP contribution >= 0.6 is 0 Å². The maximum Gasteiger partial charge on any atom is 0.294 e. The Kier molecular flexibility index (Phi) is 5.31. The molecule has 0 aliphatic heterocycles. The normalized spacial score (nSPS) is 10.9. The Labute approximate surface area is 163 Å². The summed E-state index contributed by atoms with van der Waals surface area (Å²) in [5.41, 5.74) is 3.66. The minimum Gasteiger partial charge on any atom is -0.340 e. The molecule has 0 amide bonds. The second-order valence-electron chi connectivity index (χ2n) is 6.28. The first kappa shape index (κ1) is 19.4. The Morgan fingerprint density at radius 1 is 0.964 bits per heavy atom. The Morgan fingerprint density at radius 3 is 2.11 bits per heavy atom. The van der Waals surface area contributed by atoms with Gasteiger partial charge in [-0.25, -0.2) is 4.98 Å². The minimum atomic E-state index is -4.26. The molecule has 3 rings (SSSR count). The molecule has 7 nitrogen and oxygen atoms in total. The van der Waals surface area contributed by atoms with Crippen molar-refractivity contribution in [2.24, 2.45) is 0 Å². The zero-order valence-electron chi connectivity index (χ0n) is 15.3. The molecule has 0 fully saturated rings. The van der Waals surface area contributed by atoms with E-state index >= 15 is 0 Å².